The van der Waals surface area contributed by atoms with Crippen molar-refractivity contribution in [3.63, 3.8) is 0 Å². The Balaban J connectivity index is 2.40. The van der Waals surface area contributed by atoms with Gasteiger partial charge in [-0.15, -0.1) is 0 Å². The van der Waals surface area contributed by atoms with Gasteiger partial charge in [0.05, 0.1) is 7.11 Å². The van der Waals surface area contributed by atoms with Crippen molar-refractivity contribution in [2.45, 2.75) is 0 Å². The maximum absolute atomic E-state index is 12.2. The maximum atomic E-state index is 12.2. The van der Waals surface area contributed by atoms with Crippen LogP contribution in [0.2, 0.25) is 0 Å². The summed E-state index contributed by atoms with van der Waals surface area (Å²) >= 11 is 3.38. The molecule has 2 aromatic carbocycles. The molecule has 0 saturated carbocycles. The third-order valence-electron chi connectivity index (χ3n) is 2.45. The molecule has 0 radical (unpaired) electrons. The van der Waals surface area contributed by atoms with Crippen LogP contribution in [-0.4, -0.2) is 12.9 Å². The number of rotatable bonds is 3. The second-order valence-corrected chi connectivity index (χ2v) is 4.40. The van der Waals surface area contributed by atoms with Crippen LogP contribution in [0.25, 0.3) is 0 Å². The highest BCUT2D eigenvalue weighted by Gasteiger charge is 2.12. The monoisotopic (exact) mass is 290 g/mol. The Kier molecular flexibility index (Phi) is 3.59. The van der Waals surface area contributed by atoms with E-state index in [1.54, 1.807) is 25.3 Å². The number of carbonyl (C=O) groups excluding carboxylic acids is 1. The minimum absolute atomic E-state index is 0.0172. The van der Waals surface area contributed by atoms with Crippen molar-refractivity contribution in [3.05, 3.63) is 64.1 Å². The molecule has 86 valence electrons. The molecule has 0 fully saturated rings. The Bertz CT molecular complexity index is 549. The fraction of sp³-hybridized carbons (Fsp3) is 0.0714. The van der Waals surface area contributed by atoms with Crippen LogP contribution in [0.1, 0.15) is 15.9 Å². The van der Waals surface area contributed by atoms with Gasteiger partial charge < -0.3 is 4.74 Å². The summed E-state index contributed by atoms with van der Waals surface area (Å²) in [5.74, 6) is 0.666. The van der Waals surface area contributed by atoms with E-state index in [4.69, 9.17) is 4.74 Å². The molecule has 0 heterocycles. The predicted molar refractivity (Wildman–Crippen MR) is 70.6 cm³/mol. The Hall–Kier alpha value is -1.61. The van der Waals surface area contributed by atoms with Crippen molar-refractivity contribution < 1.29 is 9.53 Å². The quantitative estimate of drug-likeness (QED) is 0.806. The first-order chi connectivity index (χ1) is 8.22. The highest BCUT2D eigenvalue weighted by molar-refractivity contribution is 9.10. The van der Waals surface area contributed by atoms with Gasteiger partial charge in [0.15, 0.2) is 5.78 Å². The minimum Gasteiger partial charge on any atom is -0.497 e. The molecule has 0 N–H and O–H groups in total. The number of ether oxygens (including phenoxy) is 1. The summed E-state index contributed by atoms with van der Waals surface area (Å²) in [6.07, 6.45) is 0. The average Bonchev–Trinajstić information content (AvgIpc) is 2.38. The summed E-state index contributed by atoms with van der Waals surface area (Å²) in [5, 5.41) is 0. The molecule has 0 saturated heterocycles. The number of ketones is 1. The molecule has 2 nitrogen and oxygen atoms in total. The molecule has 3 heteroatoms. The van der Waals surface area contributed by atoms with Gasteiger partial charge in [0.1, 0.15) is 5.75 Å². The van der Waals surface area contributed by atoms with Crippen LogP contribution in [0.3, 0.4) is 0 Å². The Morgan fingerprint density at radius 2 is 1.88 bits per heavy atom. The SMILES string of the molecule is COc1cccc(C(=O)c2ccccc2Br)c1. The molecule has 0 amide bonds. The molecule has 0 aliphatic carbocycles. The molecule has 0 atom stereocenters. The number of hydrogen-bond donors (Lipinski definition) is 0. The van der Waals surface area contributed by atoms with E-state index in [2.05, 4.69) is 15.9 Å². The van der Waals surface area contributed by atoms with Crippen LogP contribution in [0, 0.1) is 0 Å². The van der Waals surface area contributed by atoms with Crippen molar-refractivity contribution in [3.8, 4) is 5.75 Å². The first kappa shape index (κ1) is 11.9. The fourth-order valence-electron chi connectivity index (χ4n) is 1.57. The topological polar surface area (TPSA) is 26.3 Å². The van der Waals surface area contributed by atoms with Crippen molar-refractivity contribution in [2.24, 2.45) is 0 Å². The van der Waals surface area contributed by atoms with Gasteiger partial charge in [-0.1, -0.05) is 40.2 Å². The second-order valence-electron chi connectivity index (χ2n) is 3.54. The van der Waals surface area contributed by atoms with E-state index >= 15 is 0 Å². The van der Waals surface area contributed by atoms with E-state index in [1.807, 2.05) is 30.3 Å². The normalized spacial score (nSPS) is 10.0. The minimum atomic E-state index is -0.0172. The maximum Gasteiger partial charge on any atom is 0.194 e. The lowest BCUT2D eigenvalue weighted by molar-refractivity contribution is 0.103. The molecule has 0 aliphatic heterocycles. The fourth-order valence-corrected chi connectivity index (χ4v) is 2.03. The smallest absolute Gasteiger partial charge is 0.194 e. The predicted octanol–water partition coefficient (Wildman–Crippen LogP) is 3.69. The molecular formula is C14H11BrO2. The van der Waals surface area contributed by atoms with Gasteiger partial charge in [0.2, 0.25) is 0 Å². The number of benzene rings is 2. The highest BCUT2D eigenvalue weighted by atomic mass is 79.9. The lowest BCUT2D eigenvalue weighted by Crippen LogP contribution is -2.02. The summed E-state index contributed by atoms with van der Waals surface area (Å²) in [4.78, 5) is 12.2. The summed E-state index contributed by atoms with van der Waals surface area (Å²) in [7, 11) is 1.59. The first-order valence-electron chi connectivity index (χ1n) is 5.15. The molecule has 0 spiro atoms. The summed E-state index contributed by atoms with van der Waals surface area (Å²) in [6.45, 7) is 0. The zero-order chi connectivity index (χ0) is 12.3. The summed E-state index contributed by atoms with van der Waals surface area (Å²) in [6, 6.07) is 14.5. The Labute approximate surface area is 108 Å². The van der Waals surface area contributed by atoms with E-state index in [1.165, 1.54) is 0 Å². The van der Waals surface area contributed by atoms with Gasteiger partial charge in [0, 0.05) is 15.6 Å². The average molecular weight is 291 g/mol. The Morgan fingerprint density at radius 3 is 2.59 bits per heavy atom. The van der Waals surface area contributed by atoms with Crippen molar-refractivity contribution in [1.82, 2.24) is 0 Å². The van der Waals surface area contributed by atoms with Crippen LogP contribution < -0.4 is 4.74 Å². The molecule has 17 heavy (non-hydrogen) atoms. The highest BCUT2D eigenvalue weighted by Crippen LogP contribution is 2.21. The van der Waals surface area contributed by atoms with E-state index in [0.717, 1.165) is 4.47 Å². The van der Waals surface area contributed by atoms with Gasteiger partial charge in [-0.2, -0.15) is 0 Å². The molecule has 0 aliphatic rings. The van der Waals surface area contributed by atoms with E-state index < -0.39 is 0 Å². The molecule has 2 rings (SSSR count). The lowest BCUT2D eigenvalue weighted by atomic mass is 10.0. The van der Waals surface area contributed by atoms with Gasteiger partial charge in [-0.25, -0.2) is 0 Å². The molecule has 2 aromatic rings. The zero-order valence-corrected chi connectivity index (χ0v) is 10.9. The standard InChI is InChI=1S/C14H11BrO2/c1-17-11-6-4-5-10(9-11)14(16)12-7-2-3-8-13(12)15/h2-9H,1H3. The van der Waals surface area contributed by atoms with E-state index in [0.29, 0.717) is 16.9 Å². The molecule has 0 aromatic heterocycles. The largest absolute Gasteiger partial charge is 0.497 e. The van der Waals surface area contributed by atoms with Gasteiger partial charge in [-0.05, 0) is 24.3 Å². The van der Waals surface area contributed by atoms with Crippen LogP contribution in [0.5, 0.6) is 5.75 Å². The van der Waals surface area contributed by atoms with Crippen LogP contribution in [-0.2, 0) is 0 Å². The van der Waals surface area contributed by atoms with Crippen molar-refractivity contribution in [2.75, 3.05) is 7.11 Å². The number of halogens is 1. The summed E-state index contributed by atoms with van der Waals surface area (Å²) < 4.78 is 5.91. The van der Waals surface area contributed by atoms with E-state index in [9.17, 15) is 4.79 Å². The number of hydrogen-bond acceptors (Lipinski definition) is 2. The third-order valence-corrected chi connectivity index (χ3v) is 3.14. The Morgan fingerprint density at radius 1 is 1.12 bits per heavy atom. The molecule has 0 unspecified atom stereocenters. The lowest BCUT2D eigenvalue weighted by Gasteiger charge is -2.05. The van der Waals surface area contributed by atoms with Crippen LogP contribution in [0.15, 0.2) is 53.0 Å². The molecule has 0 bridgehead atoms. The second kappa shape index (κ2) is 5.15. The number of carbonyl (C=O) groups is 1. The van der Waals surface area contributed by atoms with Crippen molar-refractivity contribution >= 4 is 21.7 Å². The van der Waals surface area contributed by atoms with Crippen molar-refractivity contribution in [1.29, 1.82) is 0 Å². The van der Waals surface area contributed by atoms with E-state index in [-0.39, 0.29) is 5.78 Å². The number of methoxy groups -OCH3 is 1. The summed E-state index contributed by atoms with van der Waals surface area (Å²) in [5.41, 5.74) is 1.28. The van der Waals surface area contributed by atoms with Gasteiger partial charge in [0.25, 0.3) is 0 Å². The third kappa shape index (κ3) is 2.56. The van der Waals surface area contributed by atoms with Gasteiger partial charge in [-0.3, -0.25) is 4.79 Å². The first-order valence-corrected chi connectivity index (χ1v) is 5.95. The molecular weight excluding hydrogens is 280 g/mol. The van der Waals surface area contributed by atoms with Crippen LogP contribution in [0.4, 0.5) is 0 Å². The zero-order valence-electron chi connectivity index (χ0n) is 9.31. The van der Waals surface area contributed by atoms with Crippen LogP contribution >= 0.6 is 15.9 Å². The van der Waals surface area contributed by atoms with Gasteiger partial charge >= 0.3 is 0 Å².